The van der Waals surface area contributed by atoms with E-state index in [-0.39, 0.29) is 10.8 Å². The summed E-state index contributed by atoms with van der Waals surface area (Å²) in [5, 5.41) is 0.789. The standard InChI is InChI=1S/C20H20Cl2F3NO3S/c21-15-10-14(11-16(22)12-15)19(13-4-2-1-3-5-13)26-30(27,28)18-8-6-17(7-9-18)29-20(23,24)25/h6-13,19,26H,1-5H2/t19-/m1/s1. The van der Waals surface area contributed by atoms with Crippen molar-refractivity contribution in [2.75, 3.05) is 0 Å². The Morgan fingerprint density at radius 1 is 0.967 bits per heavy atom. The van der Waals surface area contributed by atoms with Crippen LogP contribution in [0.5, 0.6) is 5.75 Å². The predicted octanol–water partition coefficient (Wildman–Crippen LogP) is 6.49. The average molecular weight is 482 g/mol. The van der Waals surface area contributed by atoms with Crippen LogP contribution in [0.1, 0.15) is 43.7 Å². The summed E-state index contributed by atoms with van der Waals surface area (Å²) in [6, 6.07) is 8.45. The van der Waals surface area contributed by atoms with Crippen LogP contribution in [0.3, 0.4) is 0 Å². The zero-order valence-electron chi connectivity index (χ0n) is 15.8. The molecule has 0 spiro atoms. The number of benzene rings is 2. The van der Waals surface area contributed by atoms with Crippen LogP contribution < -0.4 is 9.46 Å². The van der Waals surface area contributed by atoms with Gasteiger partial charge in [0.15, 0.2) is 0 Å². The molecular formula is C20H20Cl2F3NO3S. The highest BCUT2D eigenvalue weighted by molar-refractivity contribution is 7.89. The molecule has 4 nitrogen and oxygen atoms in total. The van der Waals surface area contributed by atoms with Gasteiger partial charge in [-0.25, -0.2) is 13.1 Å². The summed E-state index contributed by atoms with van der Waals surface area (Å²) in [5.41, 5.74) is 0.653. The van der Waals surface area contributed by atoms with Crippen LogP contribution >= 0.6 is 23.2 Å². The number of halogens is 5. The first kappa shape index (κ1) is 23.2. The second-order valence-electron chi connectivity index (χ2n) is 7.22. The van der Waals surface area contributed by atoms with Gasteiger partial charge in [0.05, 0.1) is 4.90 Å². The van der Waals surface area contributed by atoms with Gasteiger partial charge in [-0.15, -0.1) is 13.2 Å². The Morgan fingerprint density at radius 3 is 2.07 bits per heavy atom. The molecule has 1 atom stereocenters. The molecule has 0 saturated heterocycles. The second kappa shape index (κ2) is 9.34. The SMILES string of the molecule is O=S(=O)(N[C@@H](c1cc(Cl)cc(Cl)c1)C1CCCCC1)c1ccc(OC(F)(F)F)cc1. The highest BCUT2D eigenvalue weighted by Gasteiger charge is 2.32. The van der Waals surface area contributed by atoms with Crippen molar-refractivity contribution in [1.82, 2.24) is 4.72 Å². The van der Waals surface area contributed by atoms with E-state index in [0.717, 1.165) is 56.4 Å². The maximum atomic E-state index is 13.0. The number of alkyl halides is 3. The molecule has 0 aliphatic heterocycles. The first-order valence-electron chi connectivity index (χ1n) is 9.38. The van der Waals surface area contributed by atoms with E-state index in [9.17, 15) is 21.6 Å². The van der Waals surface area contributed by atoms with E-state index in [1.165, 1.54) is 0 Å². The van der Waals surface area contributed by atoms with Gasteiger partial charge in [0.2, 0.25) is 10.0 Å². The Labute approximate surface area is 183 Å². The van der Waals surface area contributed by atoms with Gasteiger partial charge in [-0.3, -0.25) is 0 Å². The van der Waals surface area contributed by atoms with Crippen molar-refractivity contribution < 1.29 is 26.3 Å². The molecule has 0 heterocycles. The Bertz CT molecular complexity index is 956. The molecule has 1 saturated carbocycles. The van der Waals surface area contributed by atoms with E-state index in [0.29, 0.717) is 15.6 Å². The van der Waals surface area contributed by atoms with Crippen molar-refractivity contribution in [3.8, 4) is 5.75 Å². The van der Waals surface area contributed by atoms with Gasteiger partial charge in [0, 0.05) is 16.1 Å². The highest BCUT2D eigenvalue weighted by atomic mass is 35.5. The molecule has 0 unspecified atom stereocenters. The number of sulfonamides is 1. The lowest BCUT2D eigenvalue weighted by molar-refractivity contribution is -0.274. The number of hydrogen-bond donors (Lipinski definition) is 1. The fraction of sp³-hybridized carbons (Fsp3) is 0.400. The van der Waals surface area contributed by atoms with E-state index in [4.69, 9.17) is 23.2 Å². The van der Waals surface area contributed by atoms with Crippen LogP contribution in [-0.4, -0.2) is 14.8 Å². The summed E-state index contributed by atoms with van der Waals surface area (Å²) in [6.45, 7) is 0. The molecule has 1 aliphatic carbocycles. The van der Waals surface area contributed by atoms with Crippen molar-refractivity contribution in [2.24, 2.45) is 5.92 Å². The largest absolute Gasteiger partial charge is 0.573 e. The molecule has 0 aromatic heterocycles. The zero-order valence-corrected chi connectivity index (χ0v) is 18.1. The van der Waals surface area contributed by atoms with E-state index in [2.05, 4.69) is 9.46 Å². The summed E-state index contributed by atoms with van der Waals surface area (Å²) in [5.74, 6) is -0.442. The average Bonchev–Trinajstić information content (AvgIpc) is 2.65. The highest BCUT2D eigenvalue weighted by Crippen LogP contribution is 2.37. The molecule has 0 amide bonds. The third kappa shape index (κ3) is 6.26. The second-order valence-corrected chi connectivity index (χ2v) is 9.81. The maximum Gasteiger partial charge on any atom is 0.573 e. The lowest BCUT2D eigenvalue weighted by Crippen LogP contribution is -2.34. The summed E-state index contributed by atoms with van der Waals surface area (Å²) < 4.78 is 69.5. The predicted molar refractivity (Wildman–Crippen MR) is 109 cm³/mol. The number of nitrogens with one attached hydrogen (secondary N) is 1. The van der Waals surface area contributed by atoms with E-state index in [1.54, 1.807) is 18.2 Å². The molecule has 2 aromatic carbocycles. The normalized spacial score (nSPS) is 17.0. The Balaban J connectivity index is 1.88. The van der Waals surface area contributed by atoms with Gasteiger partial charge >= 0.3 is 6.36 Å². The minimum absolute atomic E-state index is 0.0518. The van der Waals surface area contributed by atoms with Crippen LogP contribution in [0.4, 0.5) is 13.2 Å². The quantitative estimate of drug-likeness (QED) is 0.512. The fourth-order valence-corrected chi connectivity index (χ4v) is 5.55. The molecule has 1 aliphatic rings. The molecule has 3 rings (SSSR count). The minimum Gasteiger partial charge on any atom is -0.406 e. The molecule has 10 heteroatoms. The van der Waals surface area contributed by atoms with Gasteiger partial charge < -0.3 is 4.74 Å². The first-order chi connectivity index (χ1) is 14.0. The molecule has 0 bridgehead atoms. The molecular weight excluding hydrogens is 462 g/mol. The Hall–Kier alpha value is -1.48. The van der Waals surface area contributed by atoms with Crippen LogP contribution in [0.2, 0.25) is 10.0 Å². The van der Waals surface area contributed by atoms with Crippen molar-refractivity contribution >= 4 is 33.2 Å². The van der Waals surface area contributed by atoms with Crippen LogP contribution in [0, 0.1) is 5.92 Å². The Morgan fingerprint density at radius 2 is 1.53 bits per heavy atom. The summed E-state index contributed by atoms with van der Waals surface area (Å²) in [7, 11) is -4.02. The summed E-state index contributed by atoms with van der Waals surface area (Å²) in [6.07, 6.45) is -0.101. The maximum absolute atomic E-state index is 13.0. The van der Waals surface area contributed by atoms with Crippen molar-refractivity contribution in [2.45, 2.75) is 49.4 Å². The van der Waals surface area contributed by atoms with Gasteiger partial charge in [-0.05, 0) is 66.8 Å². The third-order valence-corrected chi connectivity index (χ3v) is 6.91. The fourth-order valence-electron chi connectivity index (χ4n) is 3.71. The van der Waals surface area contributed by atoms with Gasteiger partial charge in [0.1, 0.15) is 5.75 Å². The van der Waals surface area contributed by atoms with Crippen LogP contribution in [0.25, 0.3) is 0 Å². The monoisotopic (exact) mass is 481 g/mol. The lowest BCUT2D eigenvalue weighted by atomic mass is 9.81. The van der Waals surface area contributed by atoms with Crippen molar-refractivity contribution in [1.29, 1.82) is 0 Å². The minimum atomic E-state index is -4.85. The van der Waals surface area contributed by atoms with E-state index < -0.39 is 28.2 Å². The molecule has 2 aromatic rings. The van der Waals surface area contributed by atoms with Gasteiger partial charge in [0.25, 0.3) is 0 Å². The molecule has 1 N–H and O–H groups in total. The van der Waals surface area contributed by atoms with E-state index in [1.807, 2.05) is 0 Å². The Kier molecular flexibility index (Phi) is 7.22. The molecule has 0 radical (unpaired) electrons. The molecule has 30 heavy (non-hydrogen) atoms. The summed E-state index contributed by atoms with van der Waals surface area (Å²) >= 11 is 12.2. The number of rotatable bonds is 6. The van der Waals surface area contributed by atoms with Crippen molar-refractivity contribution in [3.63, 3.8) is 0 Å². The van der Waals surface area contributed by atoms with Crippen LogP contribution in [-0.2, 0) is 10.0 Å². The number of ether oxygens (including phenoxy) is 1. The lowest BCUT2D eigenvalue weighted by Gasteiger charge is -2.31. The smallest absolute Gasteiger partial charge is 0.406 e. The van der Waals surface area contributed by atoms with Crippen molar-refractivity contribution in [3.05, 3.63) is 58.1 Å². The third-order valence-electron chi connectivity index (χ3n) is 5.01. The van der Waals surface area contributed by atoms with E-state index >= 15 is 0 Å². The van der Waals surface area contributed by atoms with Gasteiger partial charge in [-0.2, -0.15) is 0 Å². The van der Waals surface area contributed by atoms with Crippen LogP contribution in [0.15, 0.2) is 47.4 Å². The molecule has 164 valence electrons. The van der Waals surface area contributed by atoms with Gasteiger partial charge in [-0.1, -0.05) is 42.5 Å². The molecule has 1 fully saturated rings. The summed E-state index contributed by atoms with van der Waals surface area (Å²) in [4.78, 5) is -0.161. The zero-order chi connectivity index (χ0) is 21.9. The number of hydrogen-bond acceptors (Lipinski definition) is 3. The first-order valence-corrected chi connectivity index (χ1v) is 11.6. The topological polar surface area (TPSA) is 55.4 Å².